The molecule has 138 valence electrons. The van der Waals surface area contributed by atoms with E-state index in [4.69, 9.17) is 16.7 Å². The molecule has 0 radical (unpaired) electrons. The smallest absolute Gasteiger partial charge is 0.317 e. The van der Waals surface area contributed by atoms with Crippen LogP contribution < -0.4 is 5.32 Å². The summed E-state index contributed by atoms with van der Waals surface area (Å²) in [4.78, 5) is 27.2. The zero-order chi connectivity index (χ0) is 18.4. The first kappa shape index (κ1) is 19.7. The Labute approximate surface area is 153 Å². The molecule has 1 aromatic rings. The lowest BCUT2D eigenvalue weighted by molar-refractivity contribution is -0.138. The van der Waals surface area contributed by atoms with Crippen molar-refractivity contribution in [1.29, 1.82) is 0 Å². The van der Waals surface area contributed by atoms with Crippen molar-refractivity contribution >= 4 is 29.2 Å². The largest absolute Gasteiger partial charge is 0.480 e. The number of likely N-dealkylation sites (N-methyl/N-ethyl adjacent to an activating group) is 1. The number of rotatable bonds is 6. The number of halogens is 1. The number of hydrogen-bond donors (Lipinski definition) is 2. The molecule has 1 aromatic carbocycles. The second-order valence-corrected chi connectivity index (χ2v) is 7.04. The molecule has 1 fully saturated rings. The standard InChI is InChI=1S/C18H26ClN3O3/c1-13-15(19)6-3-7-16(13)20-17(23)11-22-9-4-5-14(8-10-22)21(2)12-18(24)25/h3,6-7,14H,4-5,8-12H2,1-2H3,(H,20,23)(H,24,25). The van der Waals surface area contributed by atoms with Crippen LogP contribution in [0.5, 0.6) is 0 Å². The van der Waals surface area contributed by atoms with Crippen LogP contribution in [0.15, 0.2) is 18.2 Å². The summed E-state index contributed by atoms with van der Waals surface area (Å²) < 4.78 is 0. The van der Waals surface area contributed by atoms with Crippen molar-refractivity contribution in [2.75, 3.05) is 38.5 Å². The second kappa shape index (κ2) is 9.17. The molecule has 7 heteroatoms. The van der Waals surface area contributed by atoms with Gasteiger partial charge in [-0.25, -0.2) is 0 Å². The van der Waals surface area contributed by atoms with Crippen LogP contribution in [0.25, 0.3) is 0 Å². The Kier molecular flexibility index (Phi) is 7.23. The fourth-order valence-corrected chi connectivity index (χ4v) is 3.39. The normalized spacial score (nSPS) is 18.8. The molecule has 0 bridgehead atoms. The van der Waals surface area contributed by atoms with E-state index in [1.807, 2.05) is 31.0 Å². The molecule has 2 N–H and O–H groups in total. The summed E-state index contributed by atoms with van der Waals surface area (Å²) in [5.74, 6) is -0.859. The highest BCUT2D eigenvalue weighted by molar-refractivity contribution is 6.31. The molecule has 0 saturated carbocycles. The van der Waals surface area contributed by atoms with Gasteiger partial charge < -0.3 is 10.4 Å². The van der Waals surface area contributed by atoms with Crippen LogP contribution in [0, 0.1) is 6.92 Å². The Morgan fingerprint density at radius 3 is 2.84 bits per heavy atom. The van der Waals surface area contributed by atoms with Crippen LogP contribution in [0.3, 0.4) is 0 Å². The van der Waals surface area contributed by atoms with Gasteiger partial charge in [-0.05, 0) is 57.5 Å². The summed E-state index contributed by atoms with van der Waals surface area (Å²) in [6.45, 7) is 3.91. The number of nitrogens with one attached hydrogen (secondary N) is 1. The van der Waals surface area contributed by atoms with E-state index in [-0.39, 0.29) is 18.5 Å². The van der Waals surface area contributed by atoms with Crippen molar-refractivity contribution in [3.8, 4) is 0 Å². The van der Waals surface area contributed by atoms with Gasteiger partial charge in [-0.15, -0.1) is 0 Å². The third-order valence-corrected chi connectivity index (χ3v) is 5.12. The van der Waals surface area contributed by atoms with Crippen LogP contribution in [0.1, 0.15) is 24.8 Å². The number of nitrogens with zero attached hydrogens (tertiary/aromatic N) is 2. The van der Waals surface area contributed by atoms with Crippen molar-refractivity contribution in [2.24, 2.45) is 0 Å². The monoisotopic (exact) mass is 367 g/mol. The molecule has 1 amide bonds. The van der Waals surface area contributed by atoms with Crippen molar-refractivity contribution in [1.82, 2.24) is 9.80 Å². The van der Waals surface area contributed by atoms with Crippen molar-refractivity contribution in [3.63, 3.8) is 0 Å². The number of aliphatic carboxylic acids is 1. The summed E-state index contributed by atoms with van der Waals surface area (Å²) in [5.41, 5.74) is 1.61. The lowest BCUT2D eigenvalue weighted by Gasteiger charge is -2.25. The quantitative estimate of drug-likeness (QED) is 0.808. The van der Waals surface area contributed by atoms with E-state index in [0.29, 0.717) is 11.6 Å². The van der Waals surface area contributed by atoms with Crippen molar-refractivity contribution in [2.45, 2.75) is 32.2 Å². The summed E-state index contributed by atoms with van der Waals surface area (Å²) >= 11 is 6.08. The SMILES string of the molecule is Cc1c(Cl)cccc1NC(=O)CN1CCCC(N(C)CC(=O)O)CC1. The predicted molar refractivity (Wildman–Crippen MR) is 99.2 cm³/mol. The Bertz CT molecular complexity index is 624. The number of likely N-dealkylation sites (tertiary alicyclic amines) is 1. The molecule has 2 rings (SSSR count). The molecule has 1 aliphatic rings. The van der Waals surface area contributed by atoms with E-state index in [2.05, 4.69) is 10.2 Å². The van der Waals surface area contributed by atoms with Crippen LogP contribution in [-0.2, 0) is 9.59 Å². The highest BCUT2D eigenvalue weighted by Crippen LogP contribution is 2.23. The van der Waals surface area contributed by atoms with Gasteiger partial charge in [-0.1, -0.05) is 17.7 Å². The molecule has 25 heavy (non-hydrogen) atoms. The van der Waals surface area contributed by atoms with Gasteiger partial charge in [0.1, 0.15) is 0 Å². The molecule has 0 aliphatic carbocycles. The Morgan fingerprint density at radius 2 is 2.12 bits per heavy atom. The number of carboxylic acids is 1. The maximum absolute atomic E-state index is 12.3. The van der Waals surface area contributed by atoms with Gasteiger partial charge in [-0.2, -0.15) is 0 Å². The zero-order valence-corrected chi connectivity index (χ0v) is 15.6. The predicted octanol–water partition coefficient (Wildman–Crippen LogP) is 2.46. The zero-order valence-electron chi connectivity index (χ0n) is 14.8. The number of anilines is 1. The summed E-state index contributed by atoms with van der Waals surface area (Å²) in [5, 5.41) is 12.5. The molecule has 1 atom stereocenters. The fourth-order valence-electron chi connectivity index (χ4n) is 3.22. The number of hydrogen-bond acceptors (Lipinski definition) is 4. The van der Waals surface area contributed by atoms with E-state index < -0.39 is 5.97 Å². The minimum atomic E-state index is -0.806. The molecule has 0 aromatic heterocycles. The van der Waals surface area contributed by atoms with E-state index in [0.717, 1.165) is 43.6 Å². The van der Waals surface area contributed by atoms with E-state index in [9.17, 15) is 9.59 Å². The molecule has 0 spiro atoms. The van der Waals surface area contributed by atoms with E-state index >= 15 is 0 Å². The Hall–Kier alpha value is -1.63. The molecule has 1 aliphatic heterocycles. The first-order valence-corrected chi connectivity index (χ1v) is 8.94. The maximum atomic E-state index is 12.3. The van der Waals surface area contributed by atoms with Gasteiger partial charge in [0.05, 0.1) is 13.1 Å². The highest BCUT2D eigenvalue weighted by atomic mass is 35.5. The van der Waals surface area contributed by atoms with Gasteiger partial charge in [0.25, 0.3) is 0 Å². The summed E-state index contributed by atoms with van der Waals surface area (Å²) in [6, 6.07) is 5.71. The van der Waals surface area contributed by atoms with Crippen LogP contribution >= 0.6 is 11.6 Å². The van der Waals surface area contributed by atoms with E-state index in [1.54, 1.807) is 6.07 Å². The van der Waals surface area contributed by atoms with Gasteiger partial charge in [0, 0.05) is 23.3 Å². The first-order chi connectivity index (χ1) is 11.9. The lowest BCUT2D eigenvalue weighted by Crippen LogP contribution is -2.37. The number of carboxylic acid groups (broad SMARTS) is 1. The second-order valence-electron chi connectivity index (χ2n) is 6.63. The molecule has 6 nitrogen and oxygen atoms in total. The average Bonchev–Trinajstić information content (AvgIpc) is 2.77. The first-order valence-electron chi connectivity index (χ1n) is 8.56. The molecule has 1 saturated heterocycles. The van der Waals surface area contributed by atoms with Crippen molar-refractivity contribution < 1.29 is 14.7 Å². The Balaban J connectivity index is 1.85. The molecule has 1 heterocycles. The van der Waals surface area contributed by atoms with Gasteiger partial charge in [-0.3, -0.25) is 19.4 Å². The van der Waals surface area contributed by atoms with Crippen molar-refractivity contribution in [3.05, 3.63) is 28.8 Å². The minimum Gasteiger partial charge on any atom is -0.480 e. The fraction of sp³-hybridized carbons (Fsp3) is 0.556. The van der Waals surface area contributed by atoms with Crippen LogP contribution in [0.2, 0.25) is 5.02 Å². The van der Waals surface area contributed by atoms with Crippen LogP contribution in [-0.4, -0.2) is 66.1 Å². The van der Waals surface area contributed by atoms with E-state index in [1.165, 1.54) is 0 Å². The van der Waals surface area contributed by atoms with Crippen LogP contribution in [0.4, 0.5) is 5.69 Å². The minimum absolute atomic E-state index is 0.0530. The number of carbonyl (C=O) groups is 2. The molecule has 1 unspecified atom stereocenters. The third kappa shape index (κ3) is 5.99. The number of benzene rings is 1. The van der Waals surface area contributed by atoms with Gasteiger partial charge in [0.2, 0.25) is 5.91 Å². The number of amides is 1. The van der Waals surface area contributed by atoms with Gasteiger partial charge >= 0.3 is 5.97 Å². The highest BCUT2D eigenvalue weighted by Gasteiger charge is 2.22. The van der Waals surface area contributed by atoms with Gasteiger partial charge in [0.15, 0.2) is 0 Å². The lowest BCUT2D eigenvalue weighted by atomic mass is 10.1. The summed E-state index contributed by atoms with van der Waals surface area (Å²) in [6.07, 6.45) is 2.78. The number of carbonyl (C=O) groups excluding carboxylic acids is 1. The summed E-state index contributed by atoms with van der Waals surface area (Å²) in [7, 11) is 1.85. The third-order valence-electron chi connectivity index (χ3n) is 4.71. The molecular weight excluding hydrogens is 342 g/mol. The Morgan fingerprint density at radius 1 is 1.36 bits per heavy atom. The average molecular weight is 368 g/mol. The topological polar surface area (TPSA) is 72.9 Å². The molecular formula is C18H26ClN3O3. The maximum Gasteiger partial charge on any atom is 0.317 e.